The number of hydrogen-bond donors (Lipinski definition) is 3. The summed E-state index contributed by atoms with van der Waals surface area (Å²) in [5, 5.41) is 5.44. The van der Waals surface area contributed by atoms with Crippen LogP contribution in [0.4, 0.5) is 5.69 Å². The second-order valence-electron chi connectivity index (χ2n) is 7.27. The van der Waals surface area contributed by atoms with Crippen LogP contribution in [-0.2, 0) is 14.8 Å². The highest BCUT2D eigenvalue weighted by Gasteiger charge is 2.17. The molecular formula is C21H24BrN3O5S2. The maximum Gasteiger partial charge on any atom is 0.264 e. The Kier molecular flexibility index (Phi) is 9.17. The average Bonchev–Trinajstić information content (AvgIpc) is 2.68. The Morgan fingerprint density at radius 1 is 1.12 bits per heavy atom. The number of rotatable bonds is 8. The number of amides is 2. The summed E-state index contributed by atoms with van der Waals surface area (Å²) in [6.45, 7) is 5.77. The van der Waals surface area contributed by atoms with E-state index in [1.807, 2.05) is 4.72 Å². The van der Waals surface area contributed by atoms with Crippen molar-refractivity contribution in [2.45, 2.75) is 32.1 Å². The highest BCUT2D eigenvalue weighted by Crippen LogP contribution is 2.24. The summed E-state index contributed by atoms with van der Waals surface area (Å²) in [4.78, 5) is 23.7. The number of thiocarbonyl (C=S) groups is 1. The van der Waals surface area contributed by atoms with Crippen molar-refractivity contribution in [1.29, 1.82) is 0 Å². The summed E-state index contributed by atoms with van der Waals surface area (Å²) in [5.41, 5.74) is 0.781. The predicted octanol–water partition coefficient (Wildman–Crippen LogP) is 3.83. The van der Waals surface area contributed by atoms with Gasteiger partial charge in [0.05, 0.1) is 17.1 Å². The van der Waals surface area contributed by atoms with Crippen LogP contribution in [0.2, 0.25) is 0 Å². The van der Waals surface area contributed by atoms with Gasteiger partial charge in [0.25, 0.3) is 15.9 Å². The lowest BCUT2D eigenvalue weighted by atomic mass is 10.1. The van der Waals surface area contributed by atoms with Gasteiger partial charge in [0.1, 0.15) is 5.75 Å². The van der Waals surface area contributed by atoms with Gasteiger partial charge in [-0.15, -0.1) is 0 Å². The Labute approximate surface area is 201 Å². The first-order valence-corrected chi connectivity index (χ1v) is 12.3. The number of ether oxygens (including phenoxy) is 1. The molecule has 0 aromatic heterocycles. The van der Waals surface area contributed by atoms with Crippen molar-refractivity contribution in [3.8, 4) is 5.75 Å². The molecule has 0 atom stereocenters. The van der Waals surface area contributed by atoms with Gasteiger partial charge in [-0.2, -0.15) is 0 Å². The van der Waals surface area contributed by atoms with E-state index in [0.29, 0.717) is 34.0 Å². The number of halogens is 1. The number of nitrogens with one attached hydrogen (secondary N) is 3. The molecule has 11 heteroatoms. The number of hydrogen-bond acceptors (Lipinski definition) is 6. The molecule has 0 saturated carbocycles. The minimum Gasteiger partial charge on any atom is -0.493 e. The van der Waals surface area contributed by atoms with Crippen molar-refractivity contribution in [2.75, 3.05) is 11.9 Å². The predicted molar refractivity (Wildman–Crippen MR) is 130 cm³/mol. The van der Waals surface area contributed by atoms with Crippen molar-refractivity contribution in [3.05, 3.63) is 52.5 Å². The summed E-state index contributed by atoms with van der Waals surface area (Å²) in [7, 11) is -3.93. The lowest BCUT2D eigenvalue weighted by Crippen LogP contribution is -2.34. The highest BCUT2D eigenvalue weighted by atomic mass is 79.9. The lowest BCUT2D eigenvalue weighted by molar-refractivity contribution is -0.117. The Balaban J connectivity index is 2.05. The van der Waals surface area contributed by atoms with E-state index in [2.05, 4.69) is 40.4 Å². The van der Waals surface area contributed by atoms with Crippen LogP contribution in [0.5, 0.6) is 5.75 Å². The van der Waals surface area contributed by atoms with Crippen LogP contribution in [0, 0.1) is 5.92 Å². The van der Waals surface area contributed by atoms with E-state index in [1.165, 1.54) is 24.3 Å². The van der Waals surface area contributed by atoms with Gasteiger partial charge in [-0.25, -0.2) is 13.1 Å². The molecule has 0 saturated heterocycles. The van der Waals surface area contributed by atoms with E-state index < -0.39 is 21.8 Å². The van der Waals surface area contributed by atoms with Gasteiger partial charge >= 0.3 is 0 Å². The van der Waals surface area contributed by atoms with Gasteiger partial charge in [-0.3, -0.25) is 14.9 Å². The van der Waals surface area contributed by atoms with E-state index in [0.717, 1.165) is 13.3 Å². The fourth-order valence-corrected chi connectivity index (χ4v) is 4.07. The van der Waals surface area contributed by atoms with Crippen LogP contribution in [0.25, 0.3) is 0 Å². The third-order valence-electron chi connectivity index (χ3n) is 4.07. The van der Waals surface area contributed by atoms with Crippen LogP contribution in [-0.4, -0.2) is 32.0 Å². The normalized spacial score (nSPS) is 11.0. The number of carbonyl (C=O) groups excluding carboxylic acids is 2. The smallest absolute Gasteiger partial charge is 0.264 e. The third kappa shape index (κ3) is 7.88. The molecule has 32 heavy (non-hydrogen) atoms. The summed E-state index contributed by atoms with van der Waals surface area (Å²) in [6.07, 6.45) is 0.852. The van der Waals surface area contributed by atoms with Crippen LogP contribution >= 0.6 is 28.1 Å². The van der Waals surface area contributed by atoms with Crippen molar-refractivity contribution in [1.82, 2.24) is 10.0 Å². The van der Waals surface area contributed by atoms with Gasteiger partial charge in [0.2, 0.25) is 5.91 Å². The molecule has 0 radical (unpaired) electrons. The number of benzene rings is 2. The van der Waals surface area contributed by atoms with E-state index in [1.54, 1.807) is 18.2 Å². The first-order chi connectivity index (χ1) is 15.0. The van der Waals surface area contributed by atoms with Crippen LogP contribution in [0.15, 0.2) is 51.8 Å². The molecule has 2 aromatic rings. The molecule has 2 rings (SSSR count). The summed E-state index contributed by atoms with van der Waals surface area (Å²) in [5.74, 6) is -0.217. The van der Waals surface area contributed by atoms with Crippen molar-refractivity contribution in [3.63, 3.8) is 0 Å². The van der Waals surface area contributed by atoms with Crippen molar-refractivity contribution >= 4 is 60.8 Å². The Bertz CT molecular complexity index is 1100. The molecule has 0 aliphatic heterocycles. The Hall–Kier alpha value is -2.50. The zero-order valence-corrected chi connectivity index (χ0v) is 21.0. The maximum atomic E-state index is 12.7. The van der Waals surface area contributed by atoms with Gasteiger partial charge in [0, 0.05) is 17.1 Å². The van der Waals surface area contributed by atoms with Crippen LogP contribution in [0.1, 0.15) is 37.6 Å². The number of sulfonamides is 1. The molecule has 0 aliphatic carbocycles. The summed E-state index contributed by atoms with van der Waals surface area (Å²) >= 11 is 8.56. The van der Waals surface area contributed by atoms with Crippen LogP contribution < -0.4 is 20.1 Å². The molecule has 2 amide bonds. The third-order valence-corrected chi connectivity index (χ3v) is 6.21. The van der Waals surface area contributed by atoms with E-state index >= 15 is 0 Å². The van der Waals surface area contributed by atoms with E-state index in [9.17, 15) is 18.0 Å². The maximum absolute atomic E-state index is 12.7. The van der Waals surface area contributed by atoms with Gasteiger partial charge in [-0.05, 0) is 67.0 Å². The standard InChI is InChI=1S/C21H24BrN3O5S2/c1-13(2)10-11-30-19-9-4-15(22)12-18(19)20(27)24-21(31)23-16-5-7-17(8-6-16)32(28,29)25-14(3)26/h4-9,12-13H,10-11H2,1-3H3,(H,25,26)(H2,23,24,27,31). The zero-order chi connectivity index (χ0) is 23.9. The minimum atomic E-state index is -3.93. The molecule has 3 N–H and O–H groups in total. The van der Waals surface area contributed by atoms with Gasteiger partial charge in [-0.1, -0.05) is 29.8 Å². The molecule has 0 aliphatic rings. The second kappa shape index (κ2) is 11.4. The van der Waals surface area contributed by atoms with E-state index in [-0.39, 0.29) is 10.0 Å². The fraction of sp³-hybridized carbons (Fsp3) is 0.286. The molecule has 0 fully saturated rings. The molecule has 0 bridgehead atoms. The largest absolute Gasteiger partial charge is 0.493 e. The number of anilines is 1. The molecule has 172 valence electrons. The SMILES string of the molecule is CC(=O)NS(=O)(=O)c1ccc(NC(=S)NC(=O)c2cc(Br)ccc2OCCC(C)C)cc1. The minimum absolute atomic E-state index is 0.0283. The molecule has 2 aromatic carbocycles. The van der Waals surface area contributed by atoms with Crippen molar-refractivity contribution in [2.24, 2.45) is 5.92 Å². The topological polar surface area (TPSA) is 114 Å². The van der Waals surface area contributed by atoms with Crippen LogP contribution in [0.3, 0.4) is 0 Å². The average molecular weight is 542 g/mol. The lowest BCUT2D eigenvalue weighted by Gasteiger charge is -2.14. The number of carbonyl (C=O) groups is 2. The Morgan fingerprint density at radius 3 is 2.38 bits per heavy atom. The van der Waals surface area contributed by atoms with Crippen molar-refractivity contribution < 1.29 is 22.7 Å². The Morgan fingerprint density at radius 2 is 1.78 bits per heavy atom. The van der Waals surface area contributed by atoms with Gasteiger partial charge in [0.15, 0.2) is 5.11 Å². The molecular weight excluding hydrogens is 518 g/mol. The second-order valence-corrected chi connectivity index (χ2v) is 10.3. The quantitative estimate of drug-likeness (QED) is 0.435. The van der Waals surface area contributed by atoms with E-state index in [4.69, 9.17) is 17.0 Å². The summed E-state index contributed by atoms with van der Waals surface area (Å²) in [6, 6.07) is 10.7. The zero-order valence-electron chi connectivity index (χ0n) is 17.8. The molecule has 0 unspecified atom stereocenters. The monoisotopic (exact) mass is 541 g/mol. The van der Waals surface area contributed by atoms with Gasteiger partial charge < -0.3 is 10.1 Å². The molecule has 0 spiro atoms. The first kappa shape index (κ1) is 25.8. The molecule has 8 nitrogen and oxygen atoms in total. The molecule has 0 heterocycles. The highest BCUT2D eigenvalue weighted by molar-refractivity contribution is 9.10. The summed E-state index contributed by atoms with van der Waals surface area (Å²) < 4.78 is 32.4. The fourth-order valence-electron chi connectivity index (χ4n) is 2.51. The first-order valence-electron chi connectivity index (χ1n) is 9.66.